The zero-order chi connectivity index (χ0) is 19.7. The maximum atomic E-state index is 13.2. The Morgan fingerprint density at radius 2 is 1.41 bits per heavy atom. The van der Waals surface area contributed by atoms with Crippen LogP contribution in [0.15, 0.2) is 60.7 Å². The van der Waals surface area contributed by atoms with Crippen LogP contribution >= 0.6 is 0 Å². The molecule has 1 aliphatic heterocycles. The third kappa shape index (κ3) is 2.33. The minimum absolute atomic E-state index is 0.0388. The second-order valence-electron chi connectivity index (χ2n) is 8.41. The number of amides is 2. The highest BCUT2D eigenvalue weighted by molar-refractivity contribution is 6.22. The molecule has 2 bridgehead atoms. The number of rotatable bonds is 4. The van der Waals surface area contributed by atoms with Crippen molar-refractivity contribution in [1.82, 2.24) is 0 Å². The summed E-state index contributed by atoms with van der Waals surface area (Å²) < 4.78 is 11.2. The minimum Gasteiger partial charge on any atom is -0.493 e. The number of allylic oxidation sites excluding steroid dienone is 2. The average molecular weight is 387 g/mol. The number of ether oxygens (including phenoxy) is 2. The normalized spacial score (nSPS) is 33.5. The minimum atomic E-state index is -0.175. The number of benzene rings is 2. The van der Waals surface area contributed by atoms with Crippen molar-refractivity contribution in [2.75, 3.05) is 12.0 Å². The van der Waals surface area contributed by atoms with E-state index in [1.54, 1.807) is 31.4 Å². The molecule has 7 rings (SSSR count). The maximum absolute atomic E-state index is 13.2. The average Bonchev–Trinajstić information content (AvgIpc) is 3.53. The molecule has 5 heteroatoms. The van der Waals surface area contributed by atoms with Crippen molar-refractivity contribution in [3.8, 4) is 17.2 Å². The quantitative estimate of drug-likeness (QED) is 0.587. The summed E-state index contributed by atoms with van der Waals surface area (Å²) in [5.74, 6) is 3.16. The Morgan fingerprint density at radius 1 is 0.828 bits per heavy atom. The summed E-state index contributed by atoms with van der Waals surface area (Å²) in [6.07, 6.45) is 5.56. The van der Waals surface area contributed by atoms with Gasteiger partial charge in [-0.05, 0) is 66.5 Å². The zero-order valence-electron chi connectivity index (χ0n) is 16.0. The third-order valence-electron chi connectivity index (χ3n) is 7.05. The van der Waals surface area contributed by atoms with Crippen LogP contribution in [-0.4, -0.2) is 18.9 Å². The highest BCUT2D eigenvalue weighted by Gasteiger charge is 2.67. The predicted molar refractivity (Wildman–Crippen MR) is 107 cm³/mol. The van der Waals surface area contributed by atoms with E-state index in [0.29, 0.717) is 34.8 Å². The first-order valence-corrected chi connectivity index (χ1v) is 10.1. The van der Waals surface area contributed by atoms with Gasteiger partial charge in [-0.15, -0.1) is 0 Å². The van der Waals surface area contributed by atoms with Gasteiger partial charge in [0.05, 0.1) is 24.6 Å². The number of anilines is 1. The molecule has 0 aromatic heterocycles. The van der Waals surface area contributed by atoms with Gasteiger partial charge in [-0.2, -0.15) is 0 Å². The number of imide groups is 1. The second kappa shape index (κ2) is 5.96. The van der Waals surface area contributed by atoms with E-state index < -0.39 is 0 Å². The summed E-state index contributed by atoms with van der Waals surface area (Å²) in [6, 6.07) is 14.6. The SMILES string of the molecule is COc1ccccc1Oc1ccc(N2C(=O)[C@@H]3[C@@H]4C=C[C@H]([C@@H]5C[C@H]45)[C@@H]3C2=O)cc1. The summed E-state index contributed by atoms with van der Waals surface area (Å²) in [6.45, 7) is 0. The molecule has 5 nitrogen and oxygen atoms in total. The molecule has 2 saturated carbocycles. The lowest BCUT2D eigenvalue weighted by atomic mass is 9.63. The van der Waals surface area contributed by atoms with Crippen LogP contribution in [0.3, 0.4) is 0 Å². The Balaban J connectivity index is 1.26. The largest absolute Gasteiger partial charge is 0.493 e. The van der Waals surface area contributed by atoms with Gasteiger partial charge in [0.15, 0.2) is 11.5 Å². The number of hydrogen-bond donors (Lipinski definition) is 0. The highest BCUT2D eigenvalue weighted by atomic mass is 16.5. The van der Waals surface area contributed by atoms with Gasteiger partial charge in [0.2, 0.25) is 11.8 Å². The number of carbonyl (C=O) groups excluding carboxylic acids is 2. The van der Waals surface area contributed by atoms with Gasteiger partial charge < -0.3 is 9.47 Å². The fourth-order valence-electron chi connectivity index (χ4n) is 5.70. The Kier molecular flexibility index (Phi) is 3.46. The molecule has 2 amide bonds. The number of methoxy groups -OCH3 is 1. The van der Waals surface area contributed by atoms with Crippen LogP contribution in [0.5, 0.6) is 17.2 Å². The fraction of sp³-hybridized carbons (Fsp3) is 0.333. The second-order valence-corrected chi connectivity index (χ2v) is 8.41. The van der Waals surface area contributed by atoms with Crippen LogP contribution in [0.4, 0.5) is 5.69 Å². The molecular formula is C24H21NO4. The molecule has 3 fully saturated rings. The summed E-state index contributed by atoms with van der Waals surface area (Å²) in [5.41, 5.74) is 0.620. The molecule has 1 heterocycles. The number of para-hydroxylation sites is 2. The van der Waals surface area contributed by atoms with E-state index >= 15 is 0 Å². The van der Waals surface area contributed by atoms with E-state index in [0.717, 1.165) is 0 Å². The van der Waals surface area contributed by atoms with Crippen molar-refractivity contribution in [3.05, 3.63) is 60.7 Å². The maximum Gasteiger partial charge on any atom is 0.238 e. The first-order valence-electron chi connectivity index (χ1n) is 10.1. The van der Waals surface area contributed by atoms with Gasteiger partial charge in [0.25, 0.3) is 0 Å². The van der Waals surface area contributed by atoms with Gasteiger partial charge in [-0.3, -0.25) is 14.5 Å². The van der Waals surface area contributed by atoms with Crippen LogP contribution in [0.25, 0.3) is 0 Å². The lowest BCUT2D eigenvalue weighted by Gasteiger charge is -2.37. The fourth-order valence-corrected chi connectivity index (χ4v) is 5.70. The summed E-state index contributed by atoms with van der Waals surface area (Å²) in [7, 11) is 1.60. The van der Waals surface area contributed by atoms with E-state index in [1.807, 2.05) is 24.3 Å². The smallest absolute Gasteiger partial charge is 0.238 e. The Hall–Kier alpha value is -3.08. The molecule has 29 heavy (non-hydrogen) atoms. The Labute approximate surface area is 168 Å². The Bertz CT molecular complexity index is 1010. The van der Waals surface area contributed by atoms with Crippen molar-refractivity contribution < 1.29 is 19.1 Å². The molecule has 6 atom stereocenters. The topological polar surface area (TPSA) is 55.8 Å². The molecule has 2 aromatic rings. The first-order chi connectivity index (χ1) is 14.2. The van der Waals surface area contributed by atoms with Gasteiger partial charge in [0.1, 0.15) is 5.75 Å². The number of hydrogen-bond acceptors (Lipinski definition) is 4. The molecule has 0 unspecified atom stereocenters. The van der Waals surface area contributed by atoms with Crippen LogP contribution in [0.1, 0.15) is 6.42 Å². The molecule has 0 spiro atoms. The molecule has 0 radical (unpaired) electrons. The predicted octanol–water partition coefficient (Wildman–Crippen LogP) is 4.05. The van der Waals surface area contributed by atoms with Crippen molar-refractivity contribution in [2.45, 2.75) is 6.42 Å². The van der Waals surface area contributed by atoms with E-state index in [-0.39, 0.29) is 35.5 Å². The summed E-state index contributed by atoms with van der Waals surface area (Å²) >= 11 is 0. The summed E-state index contributed by atoms with van der Waals surface area (Å²) in [5, 5.41) is 0. The van der Waals surface area contributed by atoms with Crippen molar-refractivity contribution in [3.63, 3.8) is 0 Å². The molecule has 5 aliphatic rings. The van der Waals surface area contributed by atoms with Gasteiger partial charge in [-0.25, -0.2) is 0 Å². The standard InChI is InChI=1S/C24H21NO4/c1-28-19-4-2-3-5-20(19)29-14-8-6-13(7-9-14)25-23(26)21-15-10-11-16(18-12-17(15)18)22(21)24(25)27/h2-11,15-18,21-22H,12H2,1H3/t15-,16-,17-,18+,21-,22+/m1/s1. The number of nitrogens with zero attached hydrogens (tertiary/aromatic N) is 1. The first kappa shape index (κ1) is 16.8. The lowest BCUT2D eigenvalue weighted by molar-refractivity contribution is -0.124. The van der Waals surface area contributed by atoms with Crippen molar-refractivity contribution >= 4 is 17.5 Å². The van der Waals surface area contributed by atoms with E-state index in [9.17, 15) is 9.59 Å². The monoisotopic (exact) mass is 387 g/mol. The van der Waals surface area contributed by atoms with Crippen LogP contribution < -0.4 is 14.4 Å². The highest BCUT2D eigenvalue weighted by Crippen LogP contribution is 2.65. The molecule has 4 aliphatic carbocycles. The van der Waals surface area contributed by atoms with Crippen molar-refractivity contribution in [1.29, 1.82) is 0 Å². The van der Waals surface area contributed by atoms with E-state index in [1.165, 1.54) is 11.3 Å². The van der Waals surface area contributed by atoms with Crippen molar-refractivity contribution in [2.24, 2.45) is 35.5 Å². The lowest BCUT2D eigenvalue weighted by Crippen LogP contribution is -2.40. The molecule has 146 valence electrons. The van der Waals surface area contributed by atoms with Crippen LogP contribution in [0.2, 0.25) is 0 Å². The van der Waals surface area contributed by atoms with E-state index in [2.05, 4.69) is 12.2 Å². The number of carbonyl (C=O) groups is 2. The van der Waals surface area contributed by atoms with Crippen LogP contribution in [-0.2, 0) is 9.59 Å². The molecule has 2 aromatic carbocycles. The molecule has 1 saturated heterocycles. The molecular weight excluding hydrogens is 366 g/mol. The zero-order valence-corrected chi connectivity index (χ0v) is 16.0. The summed E-state index contributed by atoms with van der Waals surface area (Å²) in [4.78, 5) is 27.8. The third-order valence-corrected chi connectivity index (χ3v) is 7.05. The Morgan fingerprint density at radius 3 is 2.00 bits per heavy atom. The van der Waals surface area contributed by atoms with E-state index in [4.69, 9.17) is 9.47 Å². The van der Waals surface area contributed by atoms with Crippen LogP contribution in [0, 0.1) is 35.5 Å². The van der Waals surface area contributed by atoms with Gasteiger partial charge >= 0.3 is 0 Å². The van der Waals surface area contributed by atoms with Gasteiger partial charge in [-0.1, -0.05) is 24.3 Å². The molecule has 0 N–H and O–H groups in total. The van der Waals surface area contributed by atoms with Gasteiger partial charge in [0, 0.05) is 0 Å².